The molecular weight excluding hydrogens is 600 g/mol. The van der Waals surface area contributed by atoms with Gasteiger partial charge in [-0.2, -0.15) is 17.6 Å². The zero-order valence-corrected chi connectivity index (χ0v) is 24.9. The van der Waals surface area contributed by atoms with E-state index in [1.807, 2.05) is 0 Å². The van der Waals surface area contributed by atoms with Crippen molar-refractivity contribution in [2.75, 3.05) is 23.8 Å². The van der Waals surface area contributed by atoms with E-state index in [1.165, 1.54) is 0 Å². The van der Waals surface area contributed by atoms with Crippen LogP contribution < -0.4 is 10.6 Å². The van der Waals surface area contributed by atoms with Gasteiger partial charge in [0.05, 0.1) is 24.3 Å². The van der Waals surface area contributed by atoms with E-state index in [2.05, 4.69) is 0 Å². The number of aryl methyl sites for hydroxylation is 2. The number of nitrogens with one attached hydrogen (secondary N) is 2. The minimum atomic E-state index is -5.51. The van der Waals surface area contributed by atoms with Crippen molar-refractivity contribution in [2.24, 2.45) is 0 Å². The zero-order valence-electron chi connectivity index (χ0n) is 23.3. The third kappa shape index (κ3) is 6.19. The molecule has 2 aromatic rings. The highest BCUT2D eigenvalue weighted by atomic mass is 32.1. The second-order valence-corrected chi connectivity index (χ2v) is 12.2. The molecule has 0 radical (unpaired) electrons. The summed E-state index contributed by atoms with van der Waals surface area (Å²) in [7, 11) is 0. The molecule has 0 bridgehead atoms. The van der Waals surface area contributed by atoms with Gasteiger partial charge in [-0.05, 0) is 76.3 Å². The molecule has 230 valence electrons. The average molecular weight is 633 g/mol. The molecule has 0 unspecified atom stereocenters. The lowest BCUT2D eigenvalue weighted by atomic mass is 10.0. The number of fused-ring (bicyclic) bond motifs is 2. The Balaban J connectivity index is 1.61. The summed E-state index contributed by atoms with van der Waals surface area (Å²) in [6.07, 6.45) is 6.71. The van der Waals surface area contributed by atoms with Gasteiger partial charge in [-0.1, -0.05) is 12.8 Å². The van der Waals surface area contributed by atoms with Crippen LogP contribution in [0.15, 0.2) is 0 Å². The molecule has 0 saturated carbocycles. The first-order valence-electron chi connectivity index (χ1n) is 14.0. The number of halogens is 4. The van der Waals surface area contributed by atoms with Crippen molar-refractivity contribution in [1.82, 2.24) is 0 Å². The van der Waals surface area contributed by atoms with Gasteiger partial charge in [0.15, 0.2) is 0 Å². The molecule has 0 spiro atoms. The van der Waals surface area contributed by atoms with Crippen LogP contribution in [0.25, 0.3) is 0 Å². The summed E-state index contributed by atoms with van der Waals surface area (Å²) >= 11 is 1.72. The first kappa shape index (κ1) is 31.9. The number of ether oxygens (including phenoxy) is 2. The second-order valence-electron chi connectivity index (χ2n) is 10.0. The van der Waals surface area contributed by atoms with Crippen molar-refractivity contribution in [1.29, 1.82) is 0 Å². The molecular formula is C28H32F4N2O6S2. The van der Waals surface area contributed by atoms with Gasteiger partial charge in [0, 0.05) is 9.75 Å². The van der Waals surface area contributed by atoms with Gasteiger partial charge >= 0.3 is 35.6 Å². The number of carbonyl (C=O) groups is 4. The average Bonchev–Trinajstić information content (AvgIpc) is 3.22. The molecule has 0 saturated heterocycles. The summed E-state index contributed by atoms with van der Waals surface area (Å²) < 4.78 is 70.5. The van der Waals surface area contributed by atoms with Crippen LogP contribution in [0.3, 0.4) is 0 Å². The normalized spacial score (nSPS) is 15.5. The van der Waals surface area contributed by atoms with Gasteiger partial charge in [-0.15, -0.1) is 22.7 Å². The van der Waals surface area contributed by atoms with Crippen LogP contribution in [0.4, 0.5) is 27.6 Å². The first-order chi connectivity index (χ1) is 19.9. The number of hydrogen-bond donors (Lipinski definition) is 2. The molecule has 0 aromatic carbocycles. The van der Waals surface area contributed by atoms with E-state index >= 15 is 17.6 Å². The van der Waals surface area contributed by atoms with Crippen LogP contribution in [0.2, 0.25) is 0 Å². The Bertz CT molecular complexity index is 1270. The Morgan fingerprint density at radius 3 is 1.36 bits per heavy atom. The van der Waals surface area contributed by atoms with Crippen LogP contribution in [-0.4, -0.2) is 48.8 Å². The van der Waals surface area contributed by atoms with E-state index in [0.717, 1.165) is 61.2 Å². The highest BCUT2D eigenvalue weighted by molar-refractivity contribution is 7.17. The number of alkyl halides is 4. The fourth-order valence-corrected chi connectivity index (χ4v) is 7.69. The molecule has 2 aliphatic carbocycles. The lowest BCUT2D eigenvalue weighted by Gasteiger charge is -2.24. The van der Waals surface area contributed by atoms with Crippen LogP contribution in [-0.2, 0) is 44.7 Å². The van der Waals surface area contributed by atoms with E-state index in [4.69, 9.17) is 9.47 Å². The van der Waals surface area contributed by atoms with Gasteiger partial charge in [0.2, 0.25) is 0 Å². The highest BCUT2D eigenvalue weighted by Gasteiger charge is 2.67. The number of hydrogen-bond acceptors (Lipinski definition) is 8. The molecule has 4 rings (SSSR count). The van der Waals surface area contributed by atoms with Crippen molar-refractivity contribution in [3.63, 3.8) is 0 Å². The first-order valence-corrected chi connectivity index (χ1v) is 15.6. The van der Waals surface area contributed by atoms with E-state index in [9.17, 15) is 19.2 Å². The monoisotopic (exact) mass is 632 g/mol. The second kappa shape index (κ2) is 13.1. The molecule has 8 nitrogen and oxygen atoms in total. The lowest BCUT2D eigenvalue weighted by Crippen LogP contribution is -2.56. The Morgan fingerprint density at radius 2 is 1.00 bits per heavy atom. The quantitative estimate of drug-likeness (QED) is 0.184. The summed E-state index contributed by atoms with van der Waals surface area (Å²) in [6.45, 7) is 3.05. The number of anilines is 2. The third-order valence-electron chi connectivity index (χ3n) is 7.22. The molecule has 14 heteroatoms. The summed E-state index contributed by atoms with van der Waals surface area (Å²) in [5, 5.41) is 2.91. The van der Waals surface area contributed by atoms with Gasteiger partial charge in [-0.25, -0.2) is 9.59 Å². The summed E-state index contributed by atoms with van der Waals surface area (Å²) in [6, 6.07) is 0. The predicted molar refractivity (Wildman–Crippen MR) is 150 cm³/mol. The Labute approximate surface area is 248 Å². The molecule has 0 fully saturated rings. The Hall–Kier alpha value is -3.00. The summed E-state index contributed by atoms with van der Waals surface area (Å²) in [5.74, 6) is -17.6. The van der Waals surface area contributed by atoms with Crippen LogP contribution in [0.5, 0.6) is 0 Å². The Morgan fingerprint density at radius 1 is 0.643 bits per heavy atom. The van der Waals surface area contributed by atoms with Gasteiger partial charge in [0.1, 0.15) is 10.0 Å². The molecule has 0 aliphatic heterocycles. The molecule has 2 amide bonds. The highest BCUT2D eigenvalue weighted by Crippen LogP contribution is 2.43. The van der Waals surface area contributed by atoms with Crippen molar-refractivity contribution in [2.45, 2.75) is 89.9 Å². The maximum absolute atomic E-state index is 15.1. The van der Waals surface area contributed by atoms with Crippen molar-refractivity contribution in [3.05, 3.63) is 32.0 Å². The third-order valence-corrected chi connectivity index (χ3v) is 9.63. The molecule has 2 heterocycles. The standard InChI is InChI=1S/C28H32F4N2O6S2/c1-3-39-23(35)19-15-11-7-5-9-13-17(15)41-21(19)33-25(37)27(29,30)28(31,32)26(38)34-22-20(24(36)40-4-2)16-12-8-6-10-14-18(16)42-22/h3-14H2,1-2H3,(H,33,37)(H,34,38). The number of amides is 2. The minimum Gasteiger partial charge on any atom is -0.462 e. The van der Waals surface area contributed by atoms with E-state index < -0.39 is 35.6 Å². The number of thiophene rings is 2. The Kier molecular flexibility index (Phi) is 9.96. The maximum Gasteiger partial charge on any atom is 0.396 e. The van der Waals surface area contributed by atoms with E-state index in [1.54, 1.807) is 24.5 Å². The maximum atomic E-state index is 15.1. The molecule has 42 heavy (non-hydrogen) atoms. The van der Waals surface area contributed by atoms with Gasteiger partial charge < -0.3 is 20.1 Å². The molecule has 0 atom stereocenters. The molecule has 2 aliphatic rings. The van der Waals surface area contributed by atoms with Crippen LogP contribution in [0, 0.1) is 0 Å². The summed E-state index contributed by atoms with van der Waals surface area (Å²) in [5.41, 5.74) is 0.829. The van der Waals surface area contributed by atoms with Crippen molar-refractivity contribution in [3.8, 4) is 0 Å². The zero-order chi connectivity index (χ0) is 30.7. The largest absolute Gasteiger partial charge is 0.462 e. The molecule has 2 aromatic heterocycles. The van der Waals surface area contributed by atoms with Crippen molar-refractivity contribution >= 4 is 56.4 Å². The SMILES string of the molecule is CCOC(=O)c1c(NC(=O)C(F)(F)C(F)(F)C(=O)Nc2sc3c(c2C(=O)OCC)CCCCC3)sc2c1CCCCC2. The van der Waals surface area contributed by atoms with Crippen LogP contribution >= 0.6 is 22.7 Å². The van der Waals surface area contributed by atoms with Crippen LogP contribution in [0.1, 0.15) is 94.0 Å². The number of rotatable bonds is 9. The fraction of sp³-hybridized carbons (Fsp3) is 0.571. The van der Waals surface area contributed by atoms with Crippen molar-refractivity contribution < 1.29 is 46.2 Å². The minimum absolute atomic E-state index is 0.0226. The molecule has 2 N–H and O–H groups in total. The number of esters is 2. The smallest absolute Gasteiger partial charge is 0.396 e. The van der Waals surface area contributed by atoms with E-state index in [0.29, 0.717) is 46.6 Å². The van der Waals surface area contributed by atoms with Gasteiger partial charge in [-0.3, -0.25) is 9.59 Å². The lowest BCUT2D eigenvalue weighted by molar-refractivity contribution is -0.204. The van der Waals surface area contributed by atoms with E-state index in [-0.39, 0.29) is 34.3 Å². The summed E-state index contributed by atoms with van der Waals surface area (Å²) in [4.78, 5) is 52.1. The number of carbonyl (C=O) groups excluding carboxylic acids is 4. The van der Waals surface area contributed by atoms with Gasteiger partial charge in [0.25, 0.3) is 0 Å². The topological polar surface area (TPSA) is 111 Å². The fourth-order valence-electron chi connectivity index (χ4n) is 5.15. The predicted octanol–water partition coefficient (Wildman–Crippen LogP) is 6.55.